The first kappa shape index (κ1) is 22.2. The van der Waals surface area contributed by atoms with E-state index >= 15 is 0 Å². The number of nitrogens with zero attached hydrogens (tertiary/aromatic N) is 2. The summed E-state index contributed by atoms with van der Waals surface area (Å²) >= 11 is 3.17. The molecule has 0 saturated heterocycles. The molecule has 0 spiro atoms. The number of aliphatic hydroxyl groups is 1. The molecule has 2 aromatic rings. The molecule has 4 N–H and O–H groups in total. The molecule has 0 atom stereocenters. The number of amides is 1. The first-order chi connectivity index (χ1) is 13.6. The smallest absolute Gasteiger partial charge is 0.278 e. The highest BCUT2D eigenvalue weighted by atomic mass is 79.9. The number of ether oxygens (including phenoxy) is 3. The Labute approximate surface area is 171 Å². The third-order valence-corrected chi connectivity index (χ3v) is 3.80. The van der Waals surface area contributed by atoms with Crippen molar-refractivity contribution < 1.29 is 24.1 Å². The second-order valence-corrected chi connectivity index (χ2v) is 6.39. The third-order valence-electron chi connectivity index (χ3n) is 3.42. The molecule has 0 unspecified atom stereocenters. The van der Waals surface area contributed by atoms with Gasteiger partial charge < -0.3 is 30.4 Å². The van der Waals surface area contributed by atoms with Crippen molar-refractivity contribution in [2.75, 3.05) is 50.7 Å². The Morgan fingerprint density at radius 2 is 1.86 bits per heavy atom. The number of aliphatic hydroxyl groups excluding tert-OH is 1. The van der Waals surface area contributed by atoms with Crippen LogP contribution in [0.3, 0.4) is 0 Å². The molecule has 10 heteroatoms. The molecule has 0 aliphatic rings. The van der Waals surface area contributed by atoms with Gasteiger partial charge in [0.1, 0.15) is 4.60 Å². The molecular formula is C18H23BrN4O5. The summed E-state index contributed by atoms with van der Waals surface area (Å²) in [6, 6.07) is 7.29. The van der Waals surface area contributed by atoms with E-state index in [9.17, 15) is 4.79 Å². The van der Waals surface area contributed by atoms with Crippen LogP contribution in [0.2, 0.25) is 0 Å². The number of anilines is 2. The van der Waals surface area contributed by atoms with E-state index < -0.39 is 5.91 Å². The first-order valence-corrected chi connectivity index (χ1v) is 9.42. The lowest BCUT2D eigenvalue weighted by Crippen LogP contribution is -2.17. The van der Waals surface area contributed by atoms with Crippen LogP contribution in [0, 0.1) is 0 Å². The van der Waals surface area contributed by atoms with E-state index in [0.717, 1.165) is 5.56 Å². The van der Waals surface area contributed by atoms with Crippen molar-refractivity contribution in [1.29, 1.82) is 0 Å². The van der Waals surface area contributed by atoms with Gasteiger partial charge in [-0.25, -0.2) is 9.97 Å². The minimum atomic E-state index is -0.443. The van der Waals surface area contributed by atoms with Gasteiger partial charge in [-0.1, -0.05) is 12.1 Å². The molecule has 1 aromatic heterocycles. The molecule has 0 bridgehead atoms. The van der Waals surface area contributed by atoms with E-state index in [2.05, 4.69) is 31.2 Å². The van der Waals surface area contributed by atoms with Crippen LogP contribution in [0.1, 0.15) is 16.1 Å². The van der Waals surface area contributed by atoms with Crippen LogP contribution < -0.4 is 11.1 Å². The maximum Gasteiger partial charge on any atom is 0.278 e. The van der Waals surface area contributed by atoms with Crippen LogP contribution in [-0.2, 0) is 20.8 Å². The van der Waals surface area contributed by atoms with Crippen molar-refractivity contribution in [3.05, 3.63) is 46.3 Å². The van der Waals surface area contributed by atoms with Crippen molar-refractivity contribution in [3.8, 4) is 0 Å². The van der Waals surface area contributed by atoms with Crippen molar-refractivity contribution in [1.82, 2.24) is 9.97 Å². The molecular weight excluding hydrogens is 432 g/mol. The predicted octanol–water partition coefficient (Wildman–Crippen LogP) is 1.62. The normalized spacial score (nSPS) is 10.8. The van der Waals surface area contributed by atoms with Crippen LogP contribution in [0.5, 0.6) is 0 Å². The van der Waals surface area contributed by atoms with Gasteiger partial charge in [0.2, 0.25) is 0 Å². The lowest BCUT2D eigenvalue weighted by atomic mass is 10.2. The lowest BCUT2D eigenvalue weighted by Gasteiger charge is -2.09. The molecule has 1 heterocycles. The molecule has 28 heavy (non-hydrogen) atoms. The first-order valence-electron chi connectivity index (χ1n) is 8.62. The molecule has 152 valence electrons. The van der Waals surface area contributed by atoms with E-state index in [-0.39, 0.29) is 18.1 Å². The fourth-order valence-corrected chi connectivity index (χ4v) is 2.45. The minimum absolute atomic E-state index is 0.00626. The molecule has 0 aliphatic carbocycles. The van der Waals surface area contributed by atoms with E-state index in [1.165, 1.54) is 6.20 Å². The fraction of sp³-hybridized carbons (Fsp3) is 0.389. The standard InChI is InChI=1S/C18H23BrN4O5/c19-15-11-21-17(20)16(23-15)18(25)22-14-3-1-2-13(10-14)12-28-9-8-27-7-6-26-5-4-24/h1-3,10-11,24H,4-9,12H2,(H2,20,21)(H,22,25). The van der Waals surface area contributed by atoms with Crippen LogP contribution in [0.4, 0.5) is 11.5 Å². The van der Waals surface area contributed by atoms with E-state index in [1.54, 1.807) is 6.07 Å². The summed E-state index contributed by atoms with van der Waals surface area (Å²) in [5.41, 5.74) is 7.26. The van der Waals surface area contributed by atoms with Crippen molar-refractivity contribution >= 4 is 33.3 Å². The van der Waals surface area contributed by atoms with Gasteiger partial charge in [-0.3, -0.25) is 4.79 Å². The molecule has 0 fully saturated rings. The summed E-state index contributed by atoms with van der Waals surface area (Å²) in [7, 11) is 0. The highest BCUT2D eigenvalue weighted by Gasteiger charge is 2.13. The number of carbonyl (C=O) groups is 1. The number of rotatable bonds is 12. The average Bonchev–Trinajstić information content (AvgIpc) is 2.69. The van der Waals surface area contributed by atoms with Crippen LogP contribution in [0.15, 0.2) is 35.1 Å². The van der Waals surface area contributed by atoms with Gasteiger partial charge >= 0.3 is 0 Å². The lowest BCUT2D eigenvalue weighted by molar-refractivity contribution is 0.00451. The van der Waals surface area contributed by atoms with Gasteiger partial charge in [-0.2, -0.15) is 0 Å². The Morgan fingerprint density at radius 3 is 2.61 bits per heavy atom. The van der Waals surface area contributed by atoms with E-state index in [1.807, 2.05) is 18.2 Å². The summed E-state index contributed by atoms with van der Waals surface area (Å²) < 4.78 is 16.4. The van der Waals surface area contributed by atoms with Gasteiger partial charge in [0.05, 0.1) is 52.4 Å². The zero-order valence-electron chi connectivity index (χ0n) is 15.3. The number of aromatic nitrogens is 2. The number of nitrogen functional groups attached to an aromatic ring is 1. The van der Waals surface area contributed by atoms with Crippen LogP contribution >= 0.6 is 15.9 Å². The molecule has 2 rings (SSSR count). The van der Waals surface area contributed by atoms with E-state index in [4.69, 9.17) is 25.1 Å². The SMILES string of the molecule is Nc1ncc(Br)nc1C(=O)Nc1cccc(COCCOCCOCCO)c1. The zero-order chi connectivity index (χ0) is 20.2. The Balaban J connectivity index is 1.74. The number of nitrogens with two attached hydrogens (primary N) is 1. The Morgan fingerprint density at radius 1 is 1.14 bits per heavy atom. The molecule has 0 radical (unpaired) electrons. The third kappa shape index (κ3) is 7.87. The van der Waals surface area contributed by atoms with E-state index in [0.29, 0.717) is 49.9 Å². The largest absolute Gasteiger partial charge is 0.394 e. The molecule has 1 amide bonds. The Bertz CT molecular complexity index is 763. The monoisotopic (exact) mass is 454 g/mol. The number of halogens is 1. The highest BCUT2D eigenvalue weighted by Crippen LogP contribution is 2.15. The van der Waals surface area contributed by atoms with Crippen molar-refractivity contribution in [3.63, 3.8) is 0 Å². The highest BCUT2D eigenvalue weighted by molar-refractivity contribution is 9.10. The maximum atomic E-state index is 12.3. The Hall–Kier alpha value is -2.11. The fourth-order valence-electron chi connectivity index (χ4n) is 2.17. The number of hydrogen-bond donors (Lipinski definition) is 3. The quantitative estimate of drug-likeness (QED) is 0.412. The number of carbonyl (C=O) groups excluding carboxylic acids is 1. The molecule has 0 aliphatic heterocycles. The van der Waals surface area contributed by atoms with Crippen molar-refractivity contribution in [2.24, 2.45) is 0 Å². The van der Waals surface area contributed by atoms with Gasteiger partial charge in [-0.05, 0) is 33.6 Å². The van der Waals surface area contributed by atoms with Crippen LogP contribution in [-0.4, -0.2) is 60.6 Å². The predicted molar refractivity (Wildman–Crippen MR) is 107 cm³/mol. The second kappa shape index (κ2) is 12.4. The van der Waals surface area contributed by atoms with Gasteiger partial charge in [0.25, 0.3) is 5.91 Å². The summed E-state index contributed by atoms with van der Waals surface area (Å²) in [4.78, 5) is 20.3. The van der Waals surface area contributed by atoms with Gasteiger partial charge in [-0.15, -0.1) is 0 Å². The zero-order valence-corrected chi connectivity index (χ0v) is 16.9. The summed E-state index contributed by atoms with van der Waals surface area (Å²) in [5.74, 6) is -0.386. The second-order valence-electron chi connectivity index (χ2n) is 5.58. The summed E-state index contributed by atoms with van der Waals surface area (Å²) in [6.07, 6.45) is 1.43. The minimum Gasteiger partial charge on any atom is -0.394 e. The Kier molecular flexibility index (Phi) is 9.80. The summed E-state index contributed by atoms with van der Waals surface area (Å²) in [6.45, 7) is 2.47. The maximum absolute atomic E-state index is 12.3. The van der Waals surface area contributed by atoms with Gasteiger partial charge in [0.15, 0.2) is 11.5 Å². The number of nitrogens with one attached hydrogen (secondary N) is 1. The van der Waals surface area contributed by atoms with Gasteiger partial charge in [0, 0.05) is 5.69 Å². The van der Waals surface area contributed by atoms with Crippen LogP contribution in [0.25, 0.3) is 0 Å². The average molecular weight is 455 g/mol. The topological polar surface area (TPSA) is 129 Å². The number of hydrogen-bond acceptors (Lipinski definition) is 8. The summed E-state index contributed by atoms with van der Waals surface area (Å²) in [5, 5.41) is 11.3. The molecule has 9 nitrogen and oxygen atoms in total. The number of benzene rings is 1. The molecule has 1 aromatic carbocycles. The van der Waals surface area contributed by atoms with Crippen molar-refractivity contribution in [2.45, 2.75) is 6.61 Å². The molecule has 0 saturated carbocycles.